The smallest absolute Gasteiger partial charge is 0.290 e. The van der Waals surface area contributed by atoms with Crippen LogP contribution >= 0.6 is 0 Å². The fourth-order valence-corrected chi connectivity index (χ4v) is 2.96. The molecule has 1 fully saturated rings. The van der Waals surface area contributed by atoms with Gasteiger partial charge in [0.1, 0.15) is 5.75 Å². The molecule has 0 aliphatic carbocycles. The normalized spacial score (nSPS) is 17.6. The molecule has 8 nitrogen and oxygen atoms in total. The topological polar surface area (TPSA) is 118 Å². The second-order valence-electron chi connectivity index (χ2n) is 5.59. The predicted molar refractivity (Wildman–Crippen MR) is 82.9 cm³/mol. The van der Waals surface area contributed by atoms with Crippen LogP contribution in [0.15, 0.2) is 22.7 Å². The summed E-state index contributed by atoms with van der Waals surface area (Å²) >= 11 is 0. The van der Waals surface area contributed by atoms with Gasteiger partial charge in [-0.05, 0) is 37.6 Å². The third kappa shape index (κ3) is 3.07. The molecule has 1 unspecified atom stereocenters. The summed E-state index contributed by atoms with van der Waals surface area (Å²) in [6.45, 7) is 1.43. The molecule has 2 N–H and O–H groups in total. The minimum atomic E-state index is -0.710. The zero-order chi connectivity index (χ0) is 17.1. The molecule has 24 heavy (non-hydrogen) atoms. The maximum absolute atomic E-state index is 11.1. The number of benzene rings is 1. The number of nitrogens with two attached hydrogens (primary N) is 1. The van der Waals surface area contributed by atoms with Gasteiger partial charge in [0.2, 0.25) is 5.89 Å². The Morgan fingerprint density at radius 1 is 1.58 bits per heavy atom. The lowest BCUT2D eigenvalue weighted by Gasteiger charge is -2.22. The molecule has 0 spiro atoms. The van der Waals surface area contributed by atoms with Crippen molar-refractivity contribution in [2.45, 2.75) is 25.4 Å². The maximum Gasteiger partial charge on any atom is 0.290 e. The second-order valence-corrected chi connectivity index (χ2v) is 5.59. The summed E-state index contributed by atoms with van der Waals surface area (Å²) in [6.07, 6.45) is 1.82. The summed E-state index contributed by atoms with van der Waals surface area (Å²) < 4.78 is 10.6. The number of hydrogen-bond acceptors (Lipinski definition) is 7. The molecule has 3 rings (SSSR count). The summed E-state index contributed by atoms with van der Waals surface area (Å²) in [7, 11) is 1.60. The van der Waals surface area contributed by atoms with Crippen molar-refractivity contribution in [3.8, 4) is 11.8 Å². The Bertz CT molecular complexity index is 795. The van der Waals surface area contributed by atoms with E-state index in [1.807, 2.05) is 6.07 Å². The first kappa shape index (κ1) is 16.0. The van der Waals surface area contributed by atoms with Crippen LogP contribution in [0.25, 0.3) is 0 Å². The largest absolute Gasteiger partial charge is 0.496 e. The van der Waals surface area contributed by atoms with Gasteiger partial charge in [-0.1, -0.05) is 5.16 Å². The minimum absolute atomic E-state index is 0.0824. The van der Waals surface area contributed by atoms with E-state index < -0.39 is 5.91 Å². The molecule has 2 heterocycles. The molecule has 0 radical (unpaired) electrons. The minimum Gasteiger partial charge on any atom is -0.496 e. The standard InChI is InChI=1S/C16H17N5O3/c1-23-13-5-4-10(8-17)7-11(13)9-21-6-2-3-12(21)16-19-15(14(18)22)20-24-16/h4-5,7,12H,2-3,6,9H2,1H3,(H2,18,22). The van der Waals surface area contributed by atoms with Gasteiger partial charge >= 0.3 is 0 Å². The van der Waals surface area contributed by atoms with E-state index in [0.717, 1.165) is 30.7 Å². The second kappa shape index (κ2) is 6.68. The molecule has 1 aliphatic rings. The van der Waals surface area contributed by atoms with Gasteiger partial charge in [-0.25, -0.2) is 0 Å². The van der Waals surface area contributed by atoms with E-state index in [4.69, 9.17) is 20.3 Å². The van der Waals surface area contributed by atoms with Gasteiger partial charge in [-0.15, -0.1) is 0 Å². The molecular weight excluding hydrogens is 310 g/mol. The van der Waals surface area contributed by atoms with Crippen molar-refractivity contribution in [2.24, 2.45) is 5.73 Å². The number of likely N-dealkylation sites (tertiary alicyclic amines) is 1. The van der Waals surface area contributed by atoms with E-state index in [2.05, 4.69) is 21.1 Å². The van der Waals surface area contributed by atoms with Crippen molar-refractivity contribution in [3.63, 3.8) is 0 Å². The quantitative estimate of drug-likeness (QED) is 0.881. The van der Waals surface area contributed by atoms with Gasteiger partial charge in [0.25, 0.3) is 11.7 Å². The Morgan fingerprint density at radius 2 is 2.42 bits per heavy atom. The van der Waals surface area contributed by atoms with Gasteiger partial charge in [0.05, 0.1) is 24.8 Å². The number of rotatable bonds is 5. The zero-order valence-electron chi connectivity index (χ0n) is 13.2. The number of carbonyl (C=O) groups excluding carboxylic acids is 1. The van der Waals surface area contributed by atoms with E-state index in [0.29, 0.717) is 18.0 Å². The molecule has 8 heteroatoms. The van der Waals surface area contributed by atoms with Crippen LogP contribution in [0, 0.1) is 11.3 Å². The van der Waals surface area contributed by atoms with Gasteiger partial charge < -0.3 is 15.0 Å². The van der Waals surface area contributed by atoms with Crippen molar-refractivity contribution in [1.29, 1.82) is 5.26 Å². The third-order valence-electron chi connectivity index (χ3n) is 4.09. The first-order chi connectivity index (χ1) is 11.6. The number of nitriles is 1. The van der Waals surface area contributed by atoms with Crippen molar-refractivity contribution in [3.05, 3.63) is 41.0 Å². The first-order valence-corrected chi connectivity index (χ1v) is 7.57. The maximum atomic E-state index is 11.1. The Morgan fingerprint density at radius 3 is 3.08 bits per heavy atom. The summed E-state index contributed by atoms with van der Waals surface area (Å²) in [4.78, 5) is 17.4. The van der Waals surface area contributed by atoms with Crippen LogP contribution in [0.5, 0.6) is 5.75 Å². The van der Waals surface area contributed by atoms with Crippen molar-refractivity contribution < 1.29 is 14.1 Å². The van der Waals surface area contributed by atoms with E-state index in [1.165, 1.54) is 0 Å². The van der Waals surface area contributed by atoms with Gasteiger partial charge in [-0.2, -0.15) is 10.2 Å². The monoisotopic (exact) mass is 327 g/mol. The van der Waals surface area contributed by atoms with Crippen LogP contribution in [0.3, 0.4) is 0 Å². The Balaban J connectivity index is 1.83. The molecule has 1 amide bonds. The number of primary amides is 1. The van der Waals surface area contributed by atoms with E-state index in [1.54, 1.807) is 19.2 Å². The Kier molecular flexibility index (Phi) is 4.44. The van der Waals surface area contributed by atoms with E-state index >= 15 is 0 Å². The number of aromatic nitrogens is 2. The van der Waals surface area contributed by atoms with E-state index in [-0.39, 0.29) is 11.9 Å². The third-order valence-corrected chi connectivity index (χ3v) is 4.09. The molecule has 1 atom stereocenters. The first-order valence-electron chi connectivity index (χ1n) is 7.57. The summed E-state index contributed by atoms with van der Waals surface area (Å²) in [5.74, 6) is 0.290. The van der Waals surface area contributed by atoms with Crippen LogP contribution in [0.1, 0.15) is 46.5 Å². The molecule has 1 aliphatic heterocycles. The van der Waals surface area contributed by atoms with Gasteiger partial charge in [0.15, 0.2) is 0 Å². The van der Waals surface area contributed by atoms with E-state index in [9.17, 15) is 4.79 Å². The SMILES string of the molecule is COc1ccc(C#N)cc1CN1CCCC1c1nc(C(N)=O)no1. The fraction of sp³-hybridized carbons (Fsp3) is 0.375. The lowest BCUT2D eigenvalue weighted by molar-refractivity contribution is 0.0987. The Hall–Kier alpha value is -2.92. The molecule has 0 saturated carbocycles. The zero-order valence-corrected chi connectivity index (χ0v) is 13.2. The van der Waals surface area contributed by atoms with Crippen LogP contribution in [0.4, 0.5) is 0 Å². The van der Waals surface area contributed by atoms with Crippen molar-refractivity contribution in [2.75, 3.05) is 13.7 Å². The number of methoxy groups -OCH3 is 1. The van der Waals surface area contributed by atoms with Gasteiger partial charge in [-0.3, -0.25) is 9.69 Å². The van der Waals surface area contributed by atoms with Crippen LogP contribution in [-0.2, 0) is 6.54 Å². The molecule has 0 bridgehead atoms. The van der Waals surface area contributed by atoms with Crippen LogP contribution in [-0.4, -0.2) is 34.6 Å². The predicted octanol–water partition coefficient (Wildman–Crippen LogP) is 1.39. The van der Waals surface area contributed by atoms with Crippen LogP contribution in [0.2, 0.25) is 0 Å². The summed E-state index contributed by atoms with van der Waals surface area (Å²) in [5, 5.41) is 12.7. The van der Waals surface area contributed by atoms with Gasteiger partial charge in [0, 0.05) is 12.1 Å². The molecule has 124 valence electrons. The summed E-state index contributed by atoms with van der Waals surface area (Å²) in [5.41, 5.74) is 6.66. The average Bonchev–Trinajstić information content (AvgIpc) is 3.23. The number of nitrogens with zero attached hydrogens (tertiary/aromatic N) is 4. The lowest BCUT2D eigenvalue weighted by atomic mass is 10.1. The van der Waals surface area contributed by atoms with Crippen molar-refractivity contribution >= 4 is 5.91 Å². The molecule has 2 aromatic rings. The van der Waals surface area contributed by atoms with Crippen LogP contribution < -0.4 is 10.5 Å². The Labute approximate surface area is 138 Å². The highest BCUT2D eigenvalue weighted by atomic mass is 16.5. The number of hydrogen-bond donors (Lipinski definition) is 1. The lowest BCUT2D eigenvalue weighted by Crippen LogP contribution is -2.23. The molecule has 1 aromatic heterocycles. The fourth-order valence-electron chi connectivity index (χ4n) is 2.96. The summed E-state index contributed by atoms with van der Waals surface area (Å²) in [6, 6.07) is 7.38. The molecule has 1 aromatic carbocycles. The average molecular weight is 327 g/mol. The molecule has 1 saturated heterocycles. The molecular formula is C16H17N5O3. The highest BCUT2D eigenvalue weighted by Crippen LogP contribution is 2.34. The number of carbonyl (C=O) groups is 1. The number of ether oxygens (including phenoxy) is 1. The highest BCUT2D eigenvalue weighted by Gasteiger charge is 2.31. The van der Waals surface area contributed by atoms with Crippen molar-refractivity contribution in [1.82, 2.24) is 15.0 Å². The highest BCUT2D eigenvalue weighted by molar-refractivity contribution is 5.88. The number of amides is 1.